The van der Waals surface area contributed by atoms with Gasteiger partial charge in [-0.15, -0.1) is 0 Å². The molecule has 2 aromatic rings. The maximum absolute atomic E-state index is 12.1. The number of nitrogens with zero attached hydrogens (tertiary/aromatic N) is 1. The molecule has 0 spiro atoms. The lowest BCUT2D eigenvalue weighted by atomic mass is 9.98. The highest BCUT2D eigenvalue weighted by atomic mass is 16.5. The predicted molar refractivity (Wildman–Crippen MR) is 90.1 cm³/mol. The highest BCUT2D eigenvalue weighted by Gasteiger charge is 2.19. The Morgan fingerprint density at radius 1 is 1.35 bits per heavy atom. The van der Waals surface area contributed by atoms with Gasteiger partial charge in [-0.25, -0.2) is 0 Å². The number of nitrogens with one attached hydrogen (secondary N) is 1. The predicted octanol–water partition coefficient (Wildman–Crippen LogP) is 2.95. The smallest absolute Gasteiger partial charge is 0.241 e. The number of carbonyl (C=O) groups is 1. The Kier molecular flexibility index (Phi) is 4.30. The molecule has 1 aliphatic heterocycles. The third-order valence-corrected chi connectivity index (χ3v) is 3.89. The van der Waals surface area contributed by atoms with Gasteiger partial charge in [0.15, 0.2) is 0 Å². The second kappa shape index (κ2) is 6.38. The van der Waals surface area contributed by atoms with Crippen molar-refractivity contribution in [2.45, 2.75) is 32.9 Å². The zero-order valence-corrected chi connectivity index (χ0v) is 13.4. The van der Waals surface area contributed by atoms with Gasteiger partial charge in [0.2, 0.25) is 5.91 Å². The minimum atomic E-state index is -0.501. The van der Waals surface area contributed by atoms with E-state index in [0.717, 1.165) is 22.4 Å². The number of rotatable bonds is 4. The molecule has 23 heavy (non-hydrogen) atoms. The standard InChI is InChI=1S/C18H21N3O2/c1-11(2)7-16(19)18(22)21-13-3-4-15-14-5-6-20-9-12(14)10-23-17(15)8-13/h3-6,8-9,11,16H,7,10,19H2,1-2H3,(H,21,22). The molecule has 0 radical (unpaired) electrons. The monoisotopic (exact) mass is 311 g/mol. The number of aromatic nitrogens is 1. The van der Waals surface area contributed by atoms with E-state index < -0.39 is 6.04 Å². The molecule has 5 heteroatoms. The van der Waals surface area contributed by atoms with Crippen LogP contribution in [0.3, 0.4) is 0 Å². The number of amides is 1. The molecular weight excluding hydrogens is 290 g/mol. The fourth-order valence-corrected chi connectivity index (χ4v) is 2.75. The summed E-state index contributed by atoms with van der Waals surface area (Å²) in [6.45, 7) is 4.58. The molecule has 1 atom stereocenters. The zero-order chi connectivity index (χ0) is 16.4. The van der Waals surface area contributed by atoms with Crippen LogP contribution in [0.2, 0.25) is 0 Å². The zero-order valence-electron chi connectivity index (χ0n) is 13.4. The first-order valence-electron chi connectivity index (χ1n) is 7.81. The maximum Gasteiger partial charge on any atom is 0.241 e. The summed E-state index contributed by atoms with van der Waals surface area (Å²) >= 11 is 0. The van der Waals surface area contributed by atoms with Crippen molar-refractivity contribution in [2.75, 3.05) is 5.32 Å². The summed E-state index contributed by atoms with van der Waals surface area (Å²) in [5.41, 5.74) is 9.81. The van der Waals surface area contributed by atoms with Gasteiger partial charge in [-0.05, 0) is 36.1 Å². The molecule has 120 valence electrons. The maximum atomic E-state index is 12.1. The van der Waals surface area contributed by atoms with E-state index in [1.807, 2.05) is 44.3 Å². The van der Waals surface area contributed by atoms with Crippen LogP contribution in [0.15, 0.2) is 36.7 Å². The van der Waals surface area contributed by atoms with E-state index in [1.165, 1.54) is 0 Å². The van der Waals surface area contributed by atoms with E-state index in [0.29, 0.717) is 24.6 Å². The molecule has 1 amide bonds. The second-order valence-electron chi connectivity index (χ2n) is 6.26. The van der Waals surface area contributed by atoms with E-state index in [2.05, 4.69) is 10.3 Å². The molecule has 3 N–H and O–H groups in total. The van der Waals surface area contributed by atoms with Crippen LogP contribution in [-0.2, 0) is 11.4 Å². The van der Waals surface area contributed by atoms with Gasteiger partial charge in [0.1, 0.15) is 12.4 Å². The minimum absolute atomic E-state index is 0.168. The highest BCUT2D eigenvalue weighted by Crippen LogP contribution is 2.38. The van der Waals surface area contributed by atoms with Crippen LogP contribution < -0.4 is 15.8 Å². The number of nitrogens with two attached hydrogens (primary N) is 1. The Hall–Kier alpha value is -2.40. The van der Waals surface area contributed by atoms with E-state index in [1.54, 1.807) is 6.20 Å². The molecule has 1 aliphatic rings. The summed E-state index contributed by atoms with van der Waals surface area (Å²) in [5, 5.41) is 2.86. The molecule has 0 saturated heterocycles. The number of hydrogen-bond acceptors (Lipinski definition) is 4. The molecule has 0 aliphatic carbocycles. The van der Waals surface area contributed by atoms with Gasteiger partial charge in [0, 0.05) is 35.3 Å². The molecule has 5 nitrogen and oxygen atoms in total. The molecule has 1 unspecified atom stereocenters. The van der Waals surface area contributed by atoms with Crippen molar-refractivity contribution in [1.29, 1.82) is 0 Å². The molecule has 2 heterocycles. The van der Waals surface area contributed by atoms with Crippen molar-refractivity contribution >= 4 is 11.6 Å². The third-order valence-electron chi connectivity index (χ3n) is 3.89. The van der Waals surface area contributed by atoms with Gasteiger partial charge in [0.25, 0.3) is 0 Å². The molecule has 1 aromatic carbocycles. The molecule has 3 rings (SSSR count). The Balaban J connectivity index is 1.79. The van der Waals surface area contributed by atoms with Gasteiger partial charge < -0.3 is 15.8 Å². The van der Waals surface area contributed by atoms with Gasteiger partial charge in [0.05, 0.1) is 6.04 Å². The summed E-state index contributed by atoms with van der Waals surface area (Å²) in [4.78, 5) is 16.2. The van der Waals surface area contributed by atoms with Crippen LogP contribution in [-0.4, -0.2) is 16.9 Å². The topological polar surface area (TPSA) is 77.2 Å². The molecule has 1 aromatic heterocycles. The number of benzene rings is 1. The summed E-state index contributed by atoms with van der Waals surface area (Å²) in [5.74, 6) is 0.978. The average Bonchev–Trinajstić information content (AvgIpc) is 2.53. The number of pyridine rings is 1. The van der Waals surface area contributed by atoms with Gasteiger partial charge >= 0.3 is 0 Å². The van der Waals surface area contributed by atoms with Crippen LogP contribution in [0.1, 0.15) is 25.8 Å². The first-order valence-corrected chi connectivity index (χ1v) is 7.81. The Labute approximate surface area is 135 Å². The van der Waals surface area contributed by atoms with Crippen molar-refractivity contribution < 1.29 is 9.53 Å². The van der Waals surface area contributed by atoms with E-state index >= 15 is 0 Å². The largest absolute Gasteiger partial charge is 0.488 e. The van der Waals surface area contributed by atoms with Crippen molar-refractivity contribution in [3.05, 3.63) is 42.2 Å². The summed E-state index contributed by atoms with van der Waals surface area (Å²) in [7, 11) is 0. The van der Waals surface area contributed by atoms with Crippen molar-refractivity contribution in [2.24, 2.45) is 11.7 Å². The molecule has 0 saturated carbocycles. The van der Waals surface area contributed by atoms with E-state index in [9.17, 15) is 4.79 Å². The Bertz CT molecular complexity index is 728. The second-order valence-corrected chi connectivity index (χ2v) is 6.26. The lowest BCUT2D eigenvalue weighted by Gasteiger charge is -2.21. The van der Waals surface area contributed by atoms with Gasteiger partial charge in [-0.3, -0.25) is 9.78 Å². The fourth-order valence-electron chi connectivity index (χ4n) is 2.75. The molecule has 0 fully saturated rings. The third kappa shape index (κ3) is 3.35. The Morgan fingerprint density at radius 3 is 2.96 bits per heavy atom. The van der Waals surface area contributed by atoms with Crippen LogP contribution in [0.4, 0.5) is 5.69 Å². The fraction of sp³-hybridized carbons (Fsp3) is 0.333. The average molecular weight is 311 g/mol. The van der Waals surface area contributed by atoms with E-state index in [-0.39, 0.29) is 5.91 Å². The number of carbonyl (C=O) groups excluding carboxylic acids is 1. The number of anilines is 1. The van der Waals surface area contributed by atoms with Crippen LogP contribution in [0.5, 0.6) is 5.75 Å². The molecular formula is C18H21N3O2. The minimum Gasteiger partial charge on any atom is -0.488 e. The summed E-state index contributed by atoms with van der Waals surface area (Å²) in [6, 6.07) is 7.15. The lowest BCUT2D eigenvalue weighted by molar-refractivity contribution is -0.117. The van der Waals surface area contributed by atoms with Crippen LogP contribution in [0, 0.1) is 5.92 Å². The van der Waals surface area contributed by atoms with Gasteiger partial charge in [-0.1, -0.05) is 13.8 Å². The van der Waals surface area contributed by atoms with Crippen molar-refractivity contribution in [3.63, 3.8) is 0 Å². The highest BCUT2D eigenvalue weighted by molar-refractivity contribution is 5.95. The van der Waals surface area contributed by atoms with Crippen LogP contribution >= 0.6 is 0 Å². The SMILES string of the molecule is CC(C)CC(N)C(=O)Nc1ccc2c(c1)OCc1cnccc1-2. The number of hydrogen-bond donors (Lipinski definition) is 2. The van der Waals surface area contributed by atoms with E-state index in [4.69, 9.17) is 10.5 Å². The number of ether oxygens (including phenoxy) is 1. The first-order chi connectivity index (χ1) is 11.0. The normalized spacial score (nSPS) is 13.7. The van der Waals surface area contributed by atoms with Gasteiger partial charge in [-0.2, -0.15) is 0 Å². The van der Waals surface area contributed by atoms with Crippen LogP contribution in [0.25, 0.3) is 11.1 Å². The summed E-state index contributed by atoms with van der Waals surface area (Å²) < 4.78 is 5.77. The van der Waals surface area contributed by atoms with Crippen molar-refractivity contribution in [1.82, 2.24) is 4.98 Å². The quantitative estimate of drug-likeness (QED) is 0.910. The first kappa shape index (κ1) is 15.5. The summed E-state index contributed by atoms with van der Waals surface area (Å²) in [6.07, 6.45) is 4.25. The molecule has 0 bridgehead atoms. The lowest BCUT2D eigenvalue weighted by Crippen LogP contribution is -2.36. The Morgan fingerprint density at radius 2 is 2.17 bits per heavy atom. The number of fused-ring (bicyclic) bond motifs is 3. The van der Waals surface area contributed by atoms with Crippen molar-refractivity contribution in [3.8, 4) is 16.9 Å².